The average molecular weight is 697 g/mol. The summed E-state index contributed by atoms with van der Waals surface area (Å²) in [6, 6.07) is 0.679. The zero-order valence-electron chi connectivity index (χ0n) is 28.0. The van der Waals surface area contributed by atoms with Gasteiger partial charge >= 0.3 is 35.8 Å². The van der Waals surface area contributed by atoms with E-state index >= 15 is 0 Å². The Kier molecular flexibility index (Phi) is 15.2. The van der Waals surface area contributed by atoms with Crippen LogP contribution in [-0.4, -0.2) is 125 Å². The molecule has 2 aliphatic heterocycles. The summed E-state index contributed by atoms with van der Waals surface area (Å²) >= 11 is 0. The minimum atomic E-state index is -1.80. The minimum Gasteiger partial charge on any atom is -0.463 e. The molecule has 47 heavy (non-hydrogen) atoms. The van der Waals surface area contributed by atoms with Crippen LogP contribution in [-0.2, 0) is 76.1 Å². The molecule has 0 aromatic heterocycles. The Hall–Kier alpha value is -3.19. The Labute approximate surface area is 273 Å². The first-order chi connectivity index (χ1) is 21.8. The molecule has 10 atom stereocenters. The second-order valence-corrected chi connectivity index (χ2v) is 17.8. The number of hydrogen-bond donors (Lipinski definition) is 0. The van der Waals surface area contributed by atoms with Crippen molar-refractivity contribution < 1.29 is 80.5 Å². The maximum atomic E-state index is 14.4. The van der Waals surface area contributed by atoms with Gasteiger partial charge in [-0.2, -0.15) is 0 Å². The van der Waals surface area contributed by atoms with Gasteiger partial charge in [-0.25, -0.2) is 4.39 Å². The van der Waals surface area contributed by atoms with E-state index in [0.29, 0.717) is 6.04 Å². The van der Waals surface area contributed by atoms with Crippen molar-refractivity contribution in [1.29, 1.82) is 0 Å². The molecule has 0 aromatic carbocycles. The highest BCUT2D eigenvalue weighted by Crippen LogP contribution is 2.35. The van der Waals surface area contributed by atoms with E-state index in [1.54, 1.807) is 0 Å². The van der Waals surface area contributed by atoms with Crippen LogP contribution in [0.2, 0.25) is 25.7 Å². The predicted octanol–water partition coefficient (Wildman–Crippen LogP) is 1.37. The van der Waals surface area contributed by atoms with Crippen LogP contribution in [0.1, 0.15) is 41.5 Å². The van der Waals surface area contributed by atoms with E-state index in [1.807, 2.05) is 0 Å². The van der Waals surface area contributed by atoms with Crippen LogP contribution in [0.4, 0.5) is 4.39 Å². The van der Waals surface area contributed by atoms with E-state index in [1.165, 1.54) is 0 Å². The third-order valence-electron chi connectivity index (χ3n) is 6.72. The Balaban J connectivity index is 2.65. The quantitative estimate of drug-likeness (QED) is 0.143. The third kappa shape index (κ3) is 12.7. The van der Waals surface area contributed by atoms with Crippen molar-refractivity contribution in [2.75, 3.05) is 19.9 Å². The molecular weight excluding hydrogens is 651 g/mol. The van der Waals surface area contributed by atoms with Gasteiger partial charge < -0.3 is 47.4 Å². The predicted molar refractivity (Wildman–Crippen MR) is 157 cm³/mol. The Morgan fingerprint density at radius 3 is 1.45 bits per heavy atom. The van der Waals surface area contributed by atoms with Crippen molar-refractivity contribution in [3.63, 3.8) is 0 Å². The monoisotopic (exact) mass is 696 g/mol. The van der Waals surface area contributed by atoms with E-state index in [0.717, 1.165) is 41.5 Å². The second-order valence-electron chi connectivity index (χ2n) is 12.2. The lowest BCUT2D eigenvalue weighted by Gasteiger charge is -2.48. The van der Waals surface area contributed by atoms with E-state index in [9.17, 15) is 33.2 Å². The third-order valence-corrected chi connectivity index (χ3v) is 8.43. The maximum absolute atomic E-state index is 14.4. The van der Waals surface area contributed by atoms with Crippen molar-refractivity contribution in [2.45, 2.75) is 129 Å². The van der Waals surface area contributed by atoms with E-state index in [4.69, 9.17) is 47.4 Å². The molecule has 2 fully saturated rings. The van der Waals surface area contributed by atoms with Gasteiger partial charge in [0.2, 0.25) is 0 Å². The molecule has 0 unspecified atom stereocenters. The van der Waals surface area contributed by atoms with Crippen LogP contribution < -0.4 is 0 Å². The van der Waals surface area contributed by atoms with Gasteiger partial charge in [-0.3, -0.25) is 28.8 Å². The number of hydrogen-bond acceptors (Lipinski definition) is 16. The van der Waals surface area contributed by atoms with Crippen LogP contribution in [0.5, 0.6) is 0 Å². The largest absolute Gasteiger partial charge is 0.463 e. The van der Waals surface area contributed by atoms with Crippen LogP contribution in [0, 0.1) is 0 Å². The highest BCUT2D eigenvalue weighted by molar-refractivity contribution is 6.76. The highest BCUT2D eigenvalue weighted by atomic mass is 28.3. The maximum Gasteiger partial charge on any atom is 0.303 e. The van der Waals surface area contributed by atoms with Crippen molar-refractivity contribution in [3.05, 3.63) is 0 Å². The van der Waals surface area contributed by atoms with Crippen LogP contribution in [0.25, 0.3) is 0 Å². The lowest BCUT2D eigenvalue weighted by atomic mass is 9.96. The lowest BCUT2D eigenvalue weighted by molar-refractivity contribution is -0.359. The standard InChI is InChI=1S/C29H45FO16Si/c1-14(31)38-13-21-23(25(41-17(4)34)26(42-18(5)35)28(45-21)37-10-11-47(7,8)9)46-29-27(43-19(6)36)24(40-16(3)33)22(39-15(2)32)20(12-30)44-29/h20-29H,10-13H2,1-9H3/t20-,21-,22+,23-,24+,25+,26-,27-,28-,29+/m1/s1. The smallest absolute Gasteiger partial charge is 0.303 e. The Morgan fingerprint density at radius 1 is 0.574 bits per heavy atom. The minimum absolute atomic E-state index is 0.177. The molecule has 0 spiro atoms. The molecule has 0 amide bonds. The number of carbonyl (C=O) groups excluding carboxylic acids is 6. The molecule has 0 bridgehead atoms. The molecule has 2 rings (SSSR count). The summed E-state index contributed by atoms with van der Waals surface area (Å²) in [5.41, 5.74) is 0. The zero-order chi connectivity index (χ0) is 35.6. The van der Waals surface area contributed by atoms with Gasteiger partial charge in [-0.15, -0.1) is 0 Å². The van der Waals surface area contributed by atoms with Crippen molar-refractivity contribution >= 4 is 43.9 Å². The van der Waals surface area contributed by atoms with Crippen LogP contribution in [0.15, 0.2) is 0 Å². The molecule has 0 radical (unpaired) electrons. The van der Waals surface area contributed by atoms with Crippen molar-refractivity contribution in [1.82, 2.24) is 0 Å². The van der Waals surface area contributed by atoms with Gasteiger partial charge in [0.25, 0.3) is 0 Å². The molecule has 0 aliphatic carbocycles. The number of rotatable bonds is 14. The molecule has 2 saturated heterocycles. The van der Waals surface area contributed by atoms with Gasteiger partial charge in [0.1, 0.15) is 31.6 Å². The van der Waals surface area contributed by atoms with Crippen LogP contribution >= 0.6 is 0 Å². The number of esters is 6. The normalized spacial score (nSPS) is 30.8. The first kappa shape index (κ1) is 40.0. The molecule has 2 heterocycles. The number of alkyl halides is 1. The average Bonchev–Trinajstić information content (AvgIpc) is 2.91. The summed E-state index contributed by atoms with van der Waals surface area (Å²) in [7, 11) is -1.62. The highest BCUT2D eigenvalue weighted by Gasteiger charge is 2.57. The van der Waals surface area contributed by atoms with Gasteiger partial charge in [0, 0.05) is 56.2 Å². The Morgan fingerprint density at radius 2 is 1.00 bits per heavy atom. The molecule has 0 saturated carbocycles. The number of halogens is 1. The molecule has 0 N–H and O–H groups in total. The summed E-state index contributed by atoms with van der Waals surface area (Å²) in [5.74, 6) is -5.04. The summed E-state index contributed by atoms with van der Waals surface area (Å²) < 4.78 is 70.6. The molecular formula is C29H45FO16Si. The molecule has 2 aliphatic rings. The lowest BCUT2D eigenvalue weighted by Crippen LogP contribution is -2.67. The van der Waals surface area contributed by atoms with Gasteiger partial charge in [0.05, 0.1) is 0 Å². The number of ether oxygens (including phenoxy) is 10. The molecule has 16 nitrogen and oxygen atoms in total. The fourth-order valence-electron chi connectivity index (χ4n) is 4.88. The van der Waals surface area contributed by atoms with E-state index in [-0.39, 0.29) is 6.61 Å². The fraction of sp³-hybridized carbons (Fsp3) is 0.793. The summed E-state index contributed by atoms with van der Waals surface area (Å²) in [6.07, 6.45) is -15.4. The fourth-order valence-corrected chi connectivity index (χ4v) is 5.61. The first-order valence-electron chi connectivity index (χ1n) is 15.0. The number of carbonyl (C=O) groups is 6. The first-order valence-corrected chi connectivity index (χ1v) is 18.7. The molecule has 0 aromatic rings. The van der Waals surface area contributed by atoms with Crippen molar-refractivity contribution in [3.8, 4) is 0 Å². The molecule has 268 valence electrons. The summed E-state index contributed by atoms with van der Waals surface area (Å²) in [5, 5.41) is 0. The van der Waals surface area contributed by atoms with Crippen LogP contribution in [0.3, 0.4) is 0 Å². The van der Waals surface area contributed by atoms with Gasteiger partial charge in [-0.05, 0) is 6.04 Å². The SMILES string of the molecule is CC(=O)OC[C@H]1O[C@@H](OCC[Si](C)(C)C)[C@H](OC(C)=O)[C@@H](OC(C)=O)[C@@H]1O[C@@H]1O[C@H](CF)[C@H](OC(C)=O)[C@H](OC(C)=O)[C@H]1OC(C)=O. The van der Waals surface area contributed by atoms with Crippen molar-refractivity contribution in [2.24, 2.45) is 0 Å². The summed E-state index contributed by atoms with van der Waals surface area (Å²) in [4.78, 5) is 72.7. The van der Waals surface area contributed by atoms with Gasteiger partial charge in [-0.1, -0.05) is 19.6 Å². The van der Waals surface area contributed by atoms with Gasteiger partial charge in [0.15, 0.2) is 43.1 Å². The zero-order valence-corrected chi connectivity index (χ0v) is 29.0. The summed E-state index contributed by atoms with van der Waals surface area (Å²) in [6.45, 7) is 11.1. The van der Waals surface area contributed by atoms with E-state index in [2.05, 4.69) is 19.6 Å². The molecule has 18 heteroatoms. The Bertz CT molecular complexity index is 1130. The second kappa shape index (κ2) is 17.8. The van der Waals surface area contributed by atoms with E-state index < -0.39 is 119 Å². The topological polar surface area (TPSA) is 195 Å².